The molecule has 0 bridgehead atoms. The Morgan fingerprint density at radius 1 is 0.889 bits per heavy atom. The Bertz CT molecular complexity index is 362. The lowest BCUT2D eigenvalue weighted by Gasteiger charge is -2.29. The smallest absolute Gasteiger partial charge is 0.370 e. The van der Waals surface area contributed by atoms with Crippen LogP contribution in [0, 0.1) is 13.8 Å². The Labute approximate surface area is 111 Å². The van der Waals surface area contributed by atoms with E-state index < -0.39 is 8.80 Å². The minimum Gasteiger partial charge on any atom is -0.370 e. The van der Waals surface area contributed by atoms with Gasteiger partial charge in [-0.05, 0) is 40.2 Å². The van der Waals surface area contributed by atoms with Crippen molar-refractivity contribution in [2.45, 2.75) is 34.6 Å². The average Bonchev–Trinajstić information content (AvgIpc) is 2.29. The molecule has 0 amide bonds. The van der Waals surface area contributed by atoms with E-state index in [2.05, 4.69) is 32.0 Å². The standard InChI is InChI=1S/C14H24O3Si/c1-6-15-18(16-7-2,17-8-3)14-10-9-12(4)11-13(14)5/h9-11H,6-8H2,1-5H3. The Morgan fingerprint density at radius 2 is 1.39 bits per heavy atom. The van der Waals surface area contributed by atoms with Crippen molar-refractivity contribution < 1.29 is 13.3 Å². The molecule has 0 heterocycles. The van der Waals surface area contributed by atoms with E-state index >= 15 is 0 Å². The van der Waals surface area contributed by atoms with Crippen molar-refractivity contribution in [3.63, 3.8) is 0 Å². The van der Waals surface area contributed by atoms with Crippen LogP contribution in [0.5, 0.6) is 0 Å². The number of rotatable bonds is 7. The first-order valence-electron chi connectivity index (χ1n) is 6.59. The third kappa shape index (κ3) is 3.42. The van der Waals surface area contributed by atoms with Gasteiger partial charge in [0.15, 0.2) is 0 Å². The molecule has 0 aliphatic heterocycles. The monoisotopic (exact) mass is 268 g/mol. The van der Waals surface area contributed by atoms with Gasteiger partial charge in [-0.1, -0.05) is 23.8 Å². The van der Waals surface area contributed by atoms with E-state index in [9.17, 15) is 0 Å². The van der Waals surface area contributed by atoms with E-state index in [1.54, 1.807) is 0 Å². The van der Waals surface area contributed by atoms with Crippen molar-refractivity contribution in [3.05, 3.63) is 29.3 Å². The summed E-state index contributed by atoms with van der Waals surface area (Å²) < 4.78 is 17.7. The van der Waals surface area contributed by atoms with Gasteiger partial charge in [0.2, 0.25) is 0 Å². The van der Waals surface area contributed by atoms with Crippen LogP contribution < -0.4 is 5.19 Å². The lowest BCUT2D eigenvalue weighted by Crippen LogP contribution is -2.57. The molecule has 0 N–H and O–H groups in total. The fourth-order valence-electron chi connectivity index (χ4n) is 2.09. The van der Waals surface area contributed by atoms with Crippen molar-refractivity contribution >= 4 is 14.0 Å². The first-order valence-corrected chi connectivity index (χ1v) is 8.31. The molecule has 102 valence electrons. The zero-order valence-electron chi connectivity index (χ0n) is 12.1. The fraction of sp³-hybridized carbons (Fsp3) is 0.571. The molecule has 0 saturated carbocycles. The Balaban J connectivity index is 3.21. The summed E-state index contributed by atoms with van der Waals surface area (Å²) in [6.45, 7) is 11.9. The molecule has 3 nitrogen and oxygen atoms in total. The molecule has 1 rings (SSSR count). The molecule has 1 aromatic rings. The van der Waals surface area contributed by atoms with Crippen LogP contribution in [0.15, 0.2) is 18.2 Å². The maximum absolute atomic E-state index is 5.91. The first kappa shape index (κ1) is 15.4. The number of benzene rings is 1. The summed E-state index contributed by atoms with van der Waals surface area (Å²) in [5.74, 6) is 0. The van der Waals surface area contributed by atoms with Gasteiger partial charge in [0.25, 0.3) is 0 Å². The van der Waals surface area contributed by atoms with Crippen LogP contribution in [0.1, 0.15) is 31.9 Å². The quantitative estimate of drug-likeness (QED) is 0.711. The molecule has 4 heteroatoms. The van der Waals surface area contributed by atoms with Gasteiger partial charge in [0.1, 0.15) is 0 Å². The van der Waals surface area contributed by atoms with Gasteiger partial charge in [-0.2, -0.15) is 0 Å². The summed E-state index contributed by atoms with van der Waals surface area (Å²) in [6, 6.07) is 6.31. The summed E-state index contributed by atoms with van der Waals surface area (Å²) in [4.78, 5) is 0. The predicted molar refractivity (Wildman–Crippen MR) is 76.2 cm³/mol. The molecule has 0 spiro atoms. The largest absolute Gasteiger partial charge is 0.537 e. The van der Waals surface area contributed by atoms with Crippen molar-refractivity contribution in [1.29, 1.82) is 0 Å². The van der Waals surface area contributed by atoms with Crippen LogP contribution in [0.25, 0.3) is 0 Å². The summed E-state index contributed by atoms with van der Waals surface area (Å²) in [6.07, 6.45) is 0. The zero-order chi connectivity index (χ0) is 13.6. The molecule has 0 radical (unpaired) electrons. The second-order valence-electron chi connectivity index (χ2n) is 4.17. The average molecular weight is 268 g/mol. The molecule has 0 aliphatic carbocycles. The van der Waals surface area contributed by atoms with E-state index in [0.717, 1.165) is 5.19 Å². The highest BCUT2D eigenvalue weighted by molar-refractivity contribution is 6.75. The van der Waals surface area contributed by atoms with E-state index in [0.29, 0.717) is 19.8 Å². The fourth-order valence-corrected chi connectivity index (χ4v) is 4.78. The molecule has 0 aliphatic rings. The zero-order valence-corrected chi connectivity index (χ0v) is 13.1. The second kappa shape index (κ2) is 7.04. The van der Waals surface area contributed by atoms with E-state index in [4.69, 9.17) is 13.3 Å². The Morgan fingerprint density at radius 3 is 1.78 bits per heavy atom. The topological polar surface area (TPSA) is 27.7 Å². The third-order valence-corrected chi connectivity index (χ3v) is 5.94. The second-order valence-corrected chi connectivity index (χ2v) is 6.69. The summed E-state index contributed by atoms with van der Waals surface area (Å²) in [5.41, 5.74) is 2.42. The van der Waals surface area contributed by atoms with E-state index in [-0.39, 0.29) is 0 Å². The van der Waals surface area contributed by atoms with Crippen LogP contribution in [-0.4, -0.2) is 28.6 Å². The van der Waals surface area contributed by atoms with Crippen molar-refractivity contribution in [1.82, 2.24) is 0 Å². The molecule has 0 aromatic heterocycles. The molecule has 18 heavy (non-hydrogen) atoms. The lowest BCUT2D eigenvalue weighted by atomic mass is 10.2. The van der Waals surface area contributed by atoms with Crippen molar-refractivity contribution in [3.8, 4) is 0 Å². The molecule has 0 saturated heterocycles. The summed E-state index contributed by atoms with van der Waals surface area (Å²) in [7, 11) is -2.74. The first-order chi connectivity index (χ1) is 8.59. The predicted octanol–water partition coefficient (Wildman–Crippen LogP) is 2.56. The van der Waals surface area contributed by atoms with Gasteiger partial charge in [-0.3, -0.25) is 0 Å². The molecule has 0 unspecified atom stereocenters. The van der Waals surface area contributed by atoms with Crippen LogP contribution in [-0.2, 0) is 13.3 Å². The molecule has 0 atom stereocenters. The van der Waals surface area contributed by atoms with Crippen LogP contribution in [0.3, 0.4) is 0 Å². The highest BCUT2D eigenvalue weighted by Gasteiger charge is 2.44. The highest BCUT2D eigenvalue weighted by Crippen LogP contribution is 2.14. The number of hydrogen-bond donors (Lipinski definition) is 0. The normalized spacial score (nSPS) is 11.8. The van der Waals surface area contributed by atoms with Gasteiger partial charge in [-0.15, -0.1) is 0 Å². The van der Waals surface area contributed by atoms with E-state index in [1.807, 2.05) is 20.8 Å². The minimum absolute atomic E-state index is 0.597. The van der Waals surface area contributed by atoms with Crippen molar-refractivity contribution in [2.75, 3.05) is 19.8 Å². The maximum atomic E-state index is 5.91. The molecule has 0 fully saturated rings. The summed E-state index contributed by atoms with van der Waals surface area (Å²) in [5, 5.41) is 1.08. The number of hydrogen-bond acceptors (Lipinski definition) is 3. The minimum atomic E-state index is -2.74. The lowest BCUT2D eigenvalue weighted by molar-refractivity contribution is 0.0858. The van der Waals surface area contributed by atoms with Gasteiger partial charge in [0.05, 0.1) is 0 Å². The maximum Gasteiger partial charge on any atom is 0.537 e. The number of aryl methyl sites for hydroxylation is 2. The molecular formula is C14H24O3Si. The molecular weight excluding hydrogens is 244 g/mol. The van der Waals surface area contributed by atoms with Gasteiger partial charge < -0.3 is 13.3 Å². The van der Waals surface area contributed by atoms with Crippen LogP contribution >= 0.6 is 0 Å². The van der Waals surface area contributed by atoms with Crippen LogP contribution in [0.4, 0.5) is 0 Å². The summed E-state index contributed by atoms with van der Waals surface area (Å²) >= 11 is 0. The van der Waals surface area contributed by atoms with E-state index in [1.165, 1.54) is 11.1 Å². The van der Waals surface area contributed by atoms with Crippen LogP contribution in [0.2, 0.25) is 0 Å². The SMILES string of the molecule is CCO[Si](OCC)(OCC)c1ccc(C)cc1C. The molecule has 1 aromatic carbocycles. The third-order valence-electron chi connectivity index (χ3n) is 2.71. The van der Waals surface area contributed by atoms with Gasteiger partial charge >= 0.3 is 8.80 Å². The van der Waals surface area contributed by atoms with Gasteiger partial charge in [-0.25, -0.2) is 0 Å². The van der Waals surface area contributed by atoms with Crippen molar-refractivity contribution in [2.24, 2.45) is 0 Å². The Kier molecular flexibility index (Phi) is 6.01. The highest BCUT2D eigenvalue weighted by atomic mass is 28.4. The Hall–Kier alpha value is -0.683. The van der Waals surface area contributed by atoms with Gasteiger partial charge in [0, 0.05) is 25.0 Å².